The highest BCUT2D eigenvalue weighted by Gasteiger charge is 2.27. The topological polar surface area (TPSA) is 23.1 Å². The lowest BCUT2D eigenvalue weighted by molar-refractivity contribution is 0.313. The SMILES string of the molecule is CN(Cc1ccccc1)Cc1cc(C(C)(C)C)c([O])c(C(C)(C)C)c1. The molecular formula is C23H32NO. The predicted octanol–water partition coefficient (Wildman–Crippen LogP) is 6.06. The normalized spacial score (nSPS) is 12.6. The molecule has 0 heterocycles. The van der Waals surface area contributed by atoms with Gasteiger partial charge in [0.1, 0.15) is 0 Å². The third-order valence-electron chi connectivity index (χ3n) is 4.51. The van der Waals surface area contributed by atoms with E-state index in [4.69, 9.17) is 0 Å². The smallest absolute Gasteiger partial charge is 0.186 e. The van der Waals surface area contributed by atoms with E-state index in [1.165, 1.54) is 11.1 Å². The van der Waals surface area contributed by atoms with E-state index in [9.17, 15) is 5.11 Å². The van der Waals surface area contributed by atoms with Crippen LogP contribution in [0.5, 0.6) is 5.75 Å². The third kappa shape index (κ3) is 5.09. The predicted molar refractivity (Wildman–Crippen MR) is 106 cm³/mol. The molecule has 25 heavy (non-hydrogen) atoms. The van der Waals surface area contributed by atoms with Crippen molar-refractivity contribution in [2.75, 3.05) is 7.05 Å². The molecule has 0 aliphatic rings. The second-order valence-electron chi connectivity index (χ2n) is 9.18. The van der Waals surface area contributed by atoms with Crippen LogP contribution in [-0.4, -0.2) is 11.9 Å². The van der Waals surface area contributed by atoms with Gasteiger partial charge in [0.25, 0.3) is 0 Å². The monoisotopic (exact) mass is 338 g/mol. The van der Waals surface area contributed by atoms with Crippen molar-refractivity contribution in [2.24, 2.45) is 0 Å². The molecule has 2 heteroatoms. The van der Waals surface area contributed by atoms with Crippen LogP contribution in [0.25, 0.3) is 0 Å². The molecule has 0 saturated carbocycles. The molecule has 135 valence electrons. The summed E-state index contributed by atoms with van der Waals surface area (Å²) in [7, 11) is 2.13. The van der Waals surface area contributed by atoms with Gasteiger partial charge in [-0.15, -0.1) is 0 Å². The Morgan fingerprint density at radius 1 is 0.760 bits per heavy atom. The van der Waals surface area contributed by atoms with Crippen LogP contribution in [0.15, 0.2) is 42.5 Å². The zero-order valence-electron chi connectivity index (χ0n) is 16.8. The molecule has 0 bridgehead atoms. The Kier molecular flexibility index (Phi) is 5.63. The van der Waals surface area contributed by atoms with Crippen molar-refractivity contribution in [1.82, 2.24) is 4.90 Å². The van der Waals surface area contributed by atoms with Gasteiger partial charge in [-0.25, -0.2) is 0 Å². The second kappa shape index (κ2) is 7.21. The number of rotatable bonds is 4. The summed E-state index contributed by atoms with van der Waals surface area (Å²) >= 11 is 0. The summed E-state index contributed by atoms with van der Waals surface area (Å²) in [5, 5.41) is 13.0. The molecule has 2 nitrogen and oxygen atoms in total. The number of hydrogen-bond donors (Lipinski definition) is 0. The minimum Gasteiger partial charge on any atom is -0.298 e. The lowest BCUT2D eigenvalue weighted by Crippen LogP contribution is -2.21. The Morgan fingerprint density at radius 3 is 1.64 bits per heavy atom. The molecule has 0 spiro atoms. The highest BCUT2D eigenvalue weighted by Crippen LogP contribution is 2.40. The summed E-state index contributed by atoms with van der Waals surface area (Å²) in [6.45, 7) is 14.4. The Bertz CT molecular complexity index is 670. The zero-order valence-corrected chi connectivity index (χ0v) is 16.8. The van der Waals surface area contributed by atoms with Crippen molar-refractivity contribution in [3.63, 3.8) is 0 Å². The van der Waals surface area contributed by atoms with Gasteiger partial charge >= 0.3 is 0 Å². The first-order valence-electron chi connectivity index (χ1n) is 9.06. The van der Waals surface area contributed by atoms with E-state index < -0.39 is 0 Å². The Morgan fingerprint density at radius 2 is 1.20 bits per heavy atom. The van der Waals surface area contributed by atoms with E-state index in [1.54, 1.807) is 0 Å². The summed E-state index contributed by atoms with van der Waals surface area (Å²) in [5.41, 5.74) is 4.06. The average Bonchev–Trinajstić information content (AvgIpc) is 2.47. The minimum absolute atomic E-state index is 0.148. The molecule has 0 amide bonds. The van der Waals surface area contributed by atoms with Gasteiger partial charge < -0.3 is 0 Å². The Hall–Kier alpha value is -1.80. The molecule has 0 aliphatic carbocycles. The zero-order chi connectivity index (χ0) is 18.8. The molecule has 0 atom stereocenters. The maximum Gasteiger partial charge on any atom is 0.186 e. The average molecular weight is 339 g/mol. The van der Waals surface area contributed by atoms with Gasteiger partial charge in [-0.3, -0.25) is 10.0 Å². The van der Waals surface area contributed by atoms with Gasteiger partial charge in [-0.05, 0) is 29.0 Å². The van der Waals surface area contributed by atoms with Crippen LogP contribution in [-0.2, 0) is 29.0 Å². The Balaban J connectivity index is 2.34. The molecule has 0 saturated heterocycles. The first-order chi connectivity index (χ1) is 11.5. The number of nitrogens with zero attached hydrogens (tertiary/aromatic N) is 1. The van der Waals surface area contributed by atoms with E-state index >= 15 is 0 Å². The molecule has 2 aromatic rings. The van der Waals surface area contributed by atoms with Gasteiger partial charge in [-0.2, -0.15) is 0 Å². The van der Waals surface area contributed by atoms with Gasteiger partial charge in [0, 0.05) is 24.2 Å². The van der Waals surface area contributed by atoms with Crippen molar-refractivity contribution < 1.29 is 5.11 Å². The summed E-state index contributed by atoms with van der Waals surface area (Å²) < 4.78 is 0. The summed E-state index contributed by atoms with van der Waals surface area (Å²) in [6.07, 6.45) is 0. The largest absolute Gasteiger partial charge is 0.298 e. The third-order valence-corrected chi connectivity index (χ3v) is 4.51. The van der Waals surface area contributed by atoms with Crippen LogP contribution in [0.1, 0.15) is 63.8 Å². The highest BCUT2D eigenvalue weighted by molar-refractivity contribution is 5.49. The second-order valence-corrected chi connectivity index (χ2v) is 9.18. The first-order valence-corrected chi connectivity index (χ1v) is 9.06. The van der Waals surface area contributed by atoms with Crippen LogP contribution in [0.3, 0.4) is 0 Å². The van der Waals surface area contributed by atoms with Gasteiger partial charge in [0.15, 0.2) is 5.75 Å². The molecule has 0 aliphatic heterocycles. The lowest BCUT2D eigenvalue weighted by atomic mass is 9.78. The molecule has 0 aromatic heterocycles. The van der Waals surface area contributed by atoms with E-state index in [0.717, 1.165) is 24.2 Å². The van der Waals surface area contributed by atoms with Crippen LogP contribution in [0.2, 0.25) is 0 Å². The van der Waals surface area contributed by atoms with E-state index in [1.807, 2.05) is 6.07 Å². The summed E-state index contributed by atoms with van der Waals surface area (Å²) in [6, 6.07) is 14.7. The fourth-order valence-corrected chi connectivity index (χ4v) is 3.16. The minimum atomic E-state index is -0.148. The maximum absolute atomic E-state index is 13.0. The van der Waals surface area contributed by atoms with Crippen molar-refractivity contribution in [3.05, 3.63) is 64.7 Å². The van der Waals surface area contributed by atoms with Crippen molar-refractivity contribution >= 4 is 0 Å². The summed E-state index contributed by atoms with van der Waals surface area (Å²) in [4.78, 5) is 2.30. The van der Waals surface area contributed by atoms with E-state index in [0.29, 0.717) is 0 Å². The quantitative estimate of drug-likeness (QED) is 0.665. The van der Waals surface area contributed by atoms with Crippen molar-refractivity contribution in [3.8, 4) is 5.75 Å². The first kappa shape index (κ1) is 19.5. The van der Waals surface area contributed by atoms with Gasteiger partial charge in [-0.1, -0.05) is 84.0 Å². The number of benzene rings is 2. The summed E-state index contributed by atoms with van der Waals surface area (Å²) in [5.74, 6) is 0.203. The van der Waals surface area contributed by atoms with Gasteiger partial charge in [0.2, 0.25) is 0 Å². The maximum atomic E-state index is 13.0. The van der Waals surface area contributed by atoms with E-state index in [2.05, 4.69) is 89.9 Å². The fraction of sp³-hybridized carbons (Fsp3) is 0.478. The Labute approximate surface area is 153 Å². The molecule has 0 fully saturated rings. The van der Waals surface area contributed by atoms with Crippen LogP contribution in [0, 0.1) is 0 Å². The molecule has 0 N–H and O–H groups in total. The molecular weight excluding hydrogens is 306 g/mol. The lowest BCUT2D eigenvalue weighted by Gasteiger charge is -2.28. The highest BCUT2D eigenvalue weighted by atomic mass is 16.3. The molecule has 0 unspecified atom stereocenters. The van der Waals surface area contributed by atoms with Gasteiger partial charge in [0.05, 0.1) is 0 Å². The molecule has 1 radical (unpaired) electrons. The van der Waals surface area contributed by atoms with Crippen LogP contribution < -0.4 is 0 Å². The standard InChI is InChI=1S/C23H32NO/c1-22(2,3)19-13-18(14-20(21(19)25)23(4,5)6)16-24(7)15-17-11-9-8-10-12-17/h8-14H,15-16H2,1-7H3. The van der Waals surface area contributed by atoms with Crippen LogP contribution in [0.4, 0.5) is 0 Å². The number of hydrogen-bond acceptors (Lipinski definition) is 1. The van der Waals surface area contributed by atoms with E-state index in [-0.39, 0.29) is 16.6 Å². The molecule has 2 aromatic carbocycles. The molecule has 2 rings (SSSR count). The van der Waals surface area contributed by atoms with Crippen LogP contribution >= 0.6 is 0 Å². The van der Waals surface area contributed by atoms with Crippen molar-refractivity contribution in [2.45, 2.75) is 65.5 Å². The van der Waals surface area contributed by atoms with Crippen molar-refractivity contribution in [1.29, 1.82) is 0 Å². The fourth-order valence-electron chi connectivity index (χ4n) is 3.16.